The summed E-state index contributed by atoms with van der Waals surface area (Å²) in [7, 11) is 0. The molecule has 0 aromatic rings. The van der Waals surface area contributed by atoms with E-state index < -0.39 is 23.2 Å². The summed E-state index contributed by atoms with van der Waals surface area (Å²) in [6.45, 7) is 0. The molecule has 82 valence electrons. The lowest BCUT2D eigenvalue weighted by molar-refractivity contribution is 0.691. The van der Waals surface area contributed by atoms with Crippen molar-refractivity contribution in [1.29, 1.82) is 31.6 Å². The number of nitrogens with zero attached hydrogens (tertiary/aromatic N) is 8. The number of nitriles is 6. The van der Waals surface area contributed by atoms with Gasteiger partial charge in [-0.3, -0.25) is 0 Å². The molecule has 8 nitrogen and oxygen atoms in total. The first kappa shape index (κ1) is 14.3. The molecule has 0 aliphatic carbocycles. The molecule has 0 saturated carbocycles. The Hall–Kier alpha value is -3.72. The molecule has 0 bridgehead atoms. The van der Waals surface area contributed by atoms with Gasteiger partial charge in [0.25, 0.3) is 0 Å². The van der Waals surface area contributed by atoms with E-state index in [0.29, 0.717) is 0 Å². The molecule has 0 aliphatic rings. The Bertz CT molecular complexity index is 598. The van der Waals surface area contributed by atoms with Crippen molar-refractivity contribution in [1.82, 2.24) is 0 Å². The summed E-state index contributed by atoms with van der Waals surface area (Å²) in [6, 6.07) is 7.56. The van der Waals surface area contributed by atoms with Gasteiger partial charge in [-0.2, -0.15) is 36.7 Å². The third-order valence-corrected chi connectivity index (χ3v) is 1.57. The van der Waals surface area contributed by atoms with Gasteiger partial charge in [0.2, 0.25) is 0 Å². The third-order valence-electron chi connectivity index (χ3n) is 1.57. The van der Waals surface area contributed by atoms with Crippen LogP contribution in [0.3, 0.4) is 0 Å². The average Bonchev–Trinajstić information content (AvgIpc) is 2.42. The maximum Gasteiger partial charge on any atom is 0.191 e. The molecule has 0 fully saturated rings. The summed E-state index contributed by atoms with van der Waals surface area (Å²) >= 11 is 0. The Kier molecular flexibility index (Phi) is 5.99. The van der Waals surface area contributed by atoms with Crippen molar-refractivity contribution in [3.05, 3.63) is 11.3 Å². The largest absolute Gasteiger partial charge is 0.197 e. The first-order valence-electron chi connectivity index (χ1n) is 4.22. The molecular formula is C10H2N8. The molecule has 1 atom stereocenters. The van der Waals surface area contributed by atoms with E-state index in [1.165, 1.54) is 30.3 Å². The Morgan fingerprint density at radius 3 is 1.67 bits per heavy atom. The fourth-order valence-corrected chi connectivity index (χ4v) is 0.716. The van der Waals surface area contributed by atoms with Crippen LogP contribution in [-0.4, -0.2) is 6.04 Å². The van der Waals surface area contributed by atoms with Gasteiger partial charge in [-0.1, -0.05) is 0 Å². The minimum atomic E-state index is -1.39. The minimum absolute atomic E-state index is 0.566. The molecule has 0 amide bonds. The van der Waals surface area contributed by atoms with Gasteiger partial charge in [-0.15, -0.1) is 5.11 Å². The topological polar surface area (TPSA) is 167 Å². The molecule has 0 rings (SSSR count). The van der Waals surface area contributed by atoms with E-state index in [4.69, 9.17) is 31.6 Å². The van der Waals surface area contributed by atoms with Crippen LogP contribution in [0.4, 0.5) is 0 Å². The smallest absolute Gasteiger partial charge is 0.191 e. The van der Waals surface area contributed by atoms with Crippen LogP contribution in [0.5, 0.6) is 0 Å². The van der Waals surface area contributed by atoms with Crippen molar-refractivity contribution in [2.45, 2.75) is 6.04 Å². The quantitative estimate of drug-likeness (QED) is 0.517. The lowest BCUT2D eigenvalue weighted by atomic mass is 10.1. The highest BCUT2D eigenvalue weighted by molar-refractivity contribution is 5.45. The SMILES string of the molecule is N#CC(C#N)=C(C#N)N=NC(C#N)C(C#N)C#N. The fraction of sp³-hybridized carbons (Fsp3) is 0.200. The van der Waals surface area contributed by atoms with Crippen molar-refractivity contribution >= 4 is 0 Å². The zero-order valence-corrected chi connectivity index (χ0v) is 8.73. The van der Waals surface area contributed by atoms with Crippen LogP contribution >= 0.6 is 0 Å². The highest BCUT2D eigenvalue weighted by Gasteiger charge is 2.20. The Morgan fingerprint density at radius 1 is 0.778 bits per heavy atom. The highest BCUT2D eigenvalue weighted by atomic mass is 15.1. The van der Waals surface area contributed by atoms with Gasteiger partial charge in [0.15, 0.2) is 23.2 Å². The van der Waals surface area contributed by atoms with Crippen LogP contribution in [-0.2, 0) is 0 Å². The van der Waals surface area contributed by atoms with E-state index in [0.717, 1.165) is 0 Å². The molecule has 0 radical (unpaired) electrons. The summed E-state index contributed by atoms with van der Waals surface area (Å²) in [4.78, 5) is 0. The second kappa shape index (κ2) is 7.56. The van der Waals surface area contributed by atoms with E-state index in [2.05, 4.69) is 10.2 Å². The molecular weight excluding hydrogens is 232 g/mol. The zero-order chi connectivity index (χ0) is 14.0. The van der Waals surface area contributed by atoms with Gasteiger partial charge in [0.1, 0.15) is 18.2 Å². The van der Waals surface area contributed by atoms with Gasteiger partial charge in [0.05, 0.1) is 18.2 Å². The Balaban J connectivity index is 5.38. The number of hydrogen-bond donors (Lipinski definition) is 0. The molecule has 0 aromatic carbocycles. The Labute approximate surface area is 102 Å². The van der Waals surface area contributed by atoms with Crippen LogP contribution in [0.2, 0.25) is 0 Å². The predicted octanol–water partition coefficient (Wildman–Crippen LogP) is 0.819. The molecule has 1 unspecified atom stereocenters. The number of hydrogen-bond acceptors (Lipinski definition) is 8. The van der Waals surface area contributed by atoms with E-state index in [1.807, 2.05) is 0 Å². The first-order chi connectivity index (χ1) is 8.68. The monoisotopic (exact) mass is 234 g/mol. The van der Waals surface area contributed by atoms with Crippen LogP contribution < -0.4 is 0 Å². The number of allylic oxidation sites excluding steroid dienone is 2. The Morgan fingerprint density at radius 2 is 1.33 bits per heavy atom. The van der Waals surface area contributed by atoms with Gasteiger partial charge in [0, 0.05) is 0 Å². The molecule has 18 heavy (non-hydrogen) atoms. The van der Waals surface area contributed by atoms with E-state index in [-0.39, 0.29) is 0 Å². The maximum atomic E-state index is 8.66. The number of azo groups is 1. The van der Waals surface area contributed by atoms with E-state index in [1.54, 1.807) is 6.07 Å². The van der Waals surface area contributed by atoms with Gasteiger partial charge in [-0.05, 0) is 0 Å². The van der Waals surface area contributed by atoms with Gasteiger partial charge >= 0.3 is 0 Å². The highest BCUT2D eigenvalue weighted by Crippen LogP contribution is 2.10. The number of rotatable bonds is 3. The minimum Gasteiger partial charge on any atom is -0.197 e. The van der Waals surface area contributed by atoms with Gasteiger partial charge in [-0.25, -0.2) is 0 Å². The standard InChI is InChI=1S/C10H2N8/c11-1-7(2-12)9(5-15)17-18-10(6-16)8(3-13)4-14/h7,9H. The van der Waals surface area contributed by atoms with Crippen molar-refractivity contribution < 1.29 is 0 Å². The first-order valence-corrected chi connectivity index (χ1v) is 4.22. The molecule has 8 heteroatoms. The zero-order valence-electron chi connectivity index (χ0n) is 8.73. The van der Waals surface area contributed by atoms with E-state index in [9.17, 15) is 0 Å². The molecule has 0 spiro atoms. The van der Waals surface area contributed by atoms with Crippen LogP contribution in [0, 0.1) is 73.9 Å². The molecule has 0 aromatic heterocycles. The van der Waals surface area contributed by atoms with Gasteiger partial charge < -0.3 is 0 Å². The lowest BCUT2D eigenvalue weighted by Crippen LogP contribution is -2.12. The summed E-state index contributed by atoms with van der Waals surface area (Å²) in [6.07, 6.45) is 0. The molecule has 0 saturated heterocycles. The molecule has 0 N–H and O–H groups in total. The van der Waals surface area contributed by atoms with Crippen molar-refractivity contribution in [3.8, 4) is 36.4 Å². The lowest BCUT2D eigenvalue weighted by Gasteiger charge is -1.99. The summed E-state index contributed by atoms with van der Waals surface area (Å²) < 4.78 is 0. The second-order valence-corrected chi connectivity index (χ2v) is 2.58. The van der Waals surface area contributed by atoms with Crippen molar-refractivity contribution in [2.75, 3.05) is 0 Å². The average molecular weight is 234 g/mol. The van der Waals surface area contributed by atoms with Crippen LogP contribution in [0.1, 0.15) is 0 Å². The fourth-order valence-electron chi connectivity index (χ4n) is 0.716. The van der Waals surface area contributed by atoms with Crippen LogP contribution in [0.15, 0.2) is 21.5 Å². The normalized spacial score (nSPS) is 9.94. The summed E-state index contributed by atoms with van der Waals surface area (Å²) in [5.74, 6) is -1.34. The van der Waals surface area contributed by atoms with Crippen molar-refractivity contribution in [2.24, 2.45) is 16.1 Å². The third kappa shape index (κ3) is 3.45. The van der Waals surface area contributed by atoms with Crippen molar-refractivity contribution in [3.63, 3.8) is 0 Å². The molecule has 0 heterocycles. The van der Waals surface area contributed by atoms with E-state index >= 15 is 0 Å². The second-order valence-electron chi connectivity index (χ2n) is 2.58. The summed E-state index contributed by atoms with van der Waals surface area (Å²) in [5, 5.41) is 57.9. The molecule has 0 aliphatic heterocycles. The predicted molar refractivity (Wildman–Crippen MR) is 52.8 cm³/mol. The maximum absolute atomic E-state index is 8.66. The summed E-state index contributed by atoms with van der Waals surface area (Å²) in [5.41, 5.74) is -1.14. The van der Waals surface area contributed by atoms with Crippen LogP contribution in [0.25, 0.3) is 0 Å².